The third-order valence-electron chi connectivity index (χ3n) is 1.79. The minimum absolute atomic E-state index is 0.0642. The van der Waals surface area contributed by atoms with E-state index in [1.807, 2.05) is 0 Å². The van der Waals surface area contributed by atoms with Crippen LogP contribution < -0.4 is 4.74 Å². The lowest BCUT2D eigenvalue weighted by atomic mass is 10.2. The number of hydrogen-bond donors (Lipinski definition) is 1. The van der Waals surface area contributed by atoms with Crippen LogP contribution in [0.3, 0.4) is 0 Å². The highest BCUT2D eigenvalue weighted by Crippen LogP contribution is 2.14. The summed E-state index contributed by atoms with van der Waals surface area (Å²) in [6, 6.07) is 6.60. The highest BCUT2D eigenvalue weighted by atomic mass is 16.5. The molecule has 4 nitrogen and oxygen atoms in total. The molecule has 15 heavy (non-hydrogen) atoms. The minimum atomic E-state index is -0.908. The van der Waals surface area contributed by atoms with E-state index >= 15 is 0 Å². The summed E-state index contributed by atoms with van der Waals surface area (Å²) < 4.78 is 5.33. The minimum Gasteiger partial charge on any atom is -0.490 e. The number of carboxylic acids is 1. The fourth-order valence-corrected chi connectivity index (χ4v) is 1.18. The van der Waals surface area contributed by atoms with E-state index in [1.165, 1.54) is 0 Å². The molecule has 0 heterocycles. The molecule has 1 rings (SSSR count). The molecule has 0 unspecified atom stereocenters. The second kappa shape index (κ2) is 5.14. The molecule has 0 radical (unpaired) electrons. The van der Waals surface area contributed by atoms with Crippen LogP contribution in [-0.2, 0) is 4.79 Å². The van der Waals surface area contributed by atoms with Crippen LogP contribution in [-0.4, -0.2) is 23.5 Å². The molecule has 0 saturated carbocycles. The van der Waals surface area contributed by atoms with E-state index in [-0.39, 0.29) is 6.42 Å². The van der Waals surface area contributed by atoms with E-state index in [9.17, 15) is 9.59 Å². The Kier molecular flexibility index (Phi) is 3.85. The van der Waals surface area contributed by atoms with Gasteiger partial charge in [-0.15, -0.1) is 0 Å². The van der Waals surface area contributed by atoms with Gasteiger partial charge in [0.15, 0.2) is 0 Å². The summed E-state index contributed by atoms with van der Waals surface area (Å²) in [6.07, 6.45) is 0.240. The number of carbonyl (C=O) groups is 2. The number of carbonyl (C=O) groups excluding carboxylic acids is 1. The highest BCUT2D eigenvalue weighted by molar-refractivity contribution is 5.75. The summed E-state index contributed by atoms with van der Waals surface area (Å²) in [7, 11) is 0. The van der Waals surface area contributed by atoms with Crippen molar-refractivity contribution in [1.29, 1.82) is 0 Å². The van der Waals surface area contributed by atoms with Crippen molar-refractivity contribution in [3.63, 3.8) is 0 Å². The second-order valence-corrected chi connectivity index (χ2v) is 3.22. The van der Waals surface area contributed by atoms with Gasteiger partial charge in [0.1, 0.15) is 18.1 Å². The summed E-state index contributed by atoms with van der Waals surface area (Å²) in [5.74, 6) is -0.401. The van der Waals surface area contributed by atoms with Crippen LogP contribution in [0, 0.1) is 0 Å². The number of benzene rings is 1. The maximum absolute atomic E-state index is 10.5. The molecule has 0 bridgehead atoms. The third-order valence-corrected chi connectivity index (χ3v) is 1.79. The molecule has 0 aliphatic heterocycles. The van der Waals surface area contributed by atoms with Gasteiger partial charge in [-0.25, -0.2) is 0 Å². The first-order valence-corrected chi connectivity index (χ1v) is 4.55. The fraction of sp³-hybridized carbons (Fsp3) is 0.273. The predicted octanol–water partition coefficient (Wildman–Crippen LogP) is 1.74. The Bertz CT molecular complexity index is 359. The van der Waals surface area contributed by atoms with E-state index in [2.05, 4.69) is 0 Å². The molecule has 1 aromatic carbocycles. The van der Waals surface area contributed by atoms with Crippen molar-refractivity contribution < 1.29 is 19.4 Å². The first kappa shape index (κ1) is 11.2. The monoisotopic (exact) mass is 208 g/mol. The molecule has 0 aliphatic rings. The van der Waals surface area contributed by atoms with Gasteiger partial charge in [0.2, 0.25) is 0 Å². The molecule has 4 heteroatoms. The Balaban J connectivity index is 2.63. The van der Waals surface area contributed by atoms with Crippen molar-refractivity contribution in [2.24, 2.45) is 0 Å². The second-order valence-electron chi connectivity index (χ2n) is 3.22. The summed E-state index contributed by atoms with van der Waals surface area (Å²) in [6.45, 7) is 1.67. The normalized spacial score (nSPS) is 11.8. The van der Waals surface area contributed by atoms with E-state index in [0.29, 0.717) is 17.6 Å². The number of ether oxygens (including phenoxy) is 1. The molecule has 1 atom stereocenters. The molecule has 0 aliphatic carbocycles. The molecule has 1 N–H and O–H groups in total. The van der Waals surface area contributed by atoms with Gasteiger partial charge in [0.25, 0.3) is 0 Å². The maximum atomic E-state index is 10.5. The molecule has 0 aromatic heterocycles. The van der Waals surface area contributed by atoms with Gasteiger partial charge in [0, 0.05) is 5.56 Å². The van der Waals surface area contributed by atoms with Crippen molar-refractivity contribution in [3.05, 3.63) is 29.8 Å². The topological polar surface area (TPSA) is 63.6 Å². The summed E-state index contributed by atoms with van der Waals surface area (Å²) in [4.78, 5) is 20.9. The van der Waals surface area contributed by atoms with Gasteiger partial charge < -0.3 is 9.84 Å². The predicted molar refractivity (Wildman–Crippen MR) is 54.2 cm³/mol. The quantitative estimate of drug-likeness (QED) is 0.748. The molecular formula is C11H12O4. The van der Waals surface area contributed by atoms with Crippen molar-refractivity contribution in [1.82, 2.24) is 0 Å². The molecule has 0 spiro atoms. The van der Waals surface area contributed by atoms with Crippen LogP contribution in [0.15, 0.2) is 24.3 Å². The van der Waals surface area contributed by atoms with Crippen LogP contribution >= 0.6 is 0 Å². The van der Waals surface area contributed by atoms with Gasteiger partial charge in [-0.1, -0.05) is 12.1 Å². The molecular weight excluding hydrogens is 196 g/mol. The van der Waals surface area contributed by atoms with E-state index < -0.39 is 12.1 Å². The molecule has 0 saturated heterocycles. The zero-order valence-electron chi connectivity index (χ0n) is 8.34. The Morgan fingerprint density at radius 2 is 2.33 bits per heavy atom. The van der Waals surface area contributed by atoms with Crippen LogP contribution in [0.25, 0.3) is 0 Å². The van der Waals surface area contributed by atoms with E-state index in [1.54, 1.807) is 31.2 Å². The van der Waals surface area contributed by atoms with Gasteiger partial charge in [0.05, 0.1) is 6.42 Å². The molecule has 0 amide bonds. The molecule has 80 valence electrons. The van der Waals surface area contributed by atoms with Crippen molar-refractivity contribution >= 4 is 12.3 Å². The smallest absolute Gasteiger partial charge is 0.307 e. The van der Waals surface area contributed by atoms with Crippen LogP contribution in [0.5, 0.6) is 5.75 Å². The van der Waals surface area contributed by atoms with Gasteiger partial charge in [-0.3, -0.25) is 9.59 Å². The van der Waals surface area contributed by atoms with E-state index in [4.69, 9.17) is 9.84 Å². The zero-order valence-corrected chi connectivity index (χ0v) is 8.34. The number of aliphatic carboxylic acids is 1. The SMILES string of the molecule is C[C@@H](CC(=O)O)Oc1cccc(C=O)c1. The van der Waals surface area contributed by atoms with Gasteiger partial charge in [-0.05, 0) is 19.1 Å². The Hall–Kier alpha value is -1.84. The van der Waals surface area contributed by atoms with Crippen molar-refractivity contribution in [2.45, 2.75) is 19.4 Å². The first-order valence-electron chi connectivity index (χ1n) is 4.55. The lowest BCUT2D eigenvalue weighted by Crippen LogP contribution is -2.16. The summed E-state index contributed by atoms with van der Waals surface area (Å²) in [5, 5.41) is 8.53. The Morgan fingerprint density at radius 3 is 2.93 bits per heavy atom. The standard InChI is InChI=1S/C11H12O4/c1-8(5-11(13)14)15-10-4-2-3-9(6-10)7-12/h2-4,6-8H,5H2,1H3,(H,13,14)/t8-/m0/s1. The highest BCUT2D eigenvalue weighted by Gasteiger charge is 2.08. The van der Waals surface area contributed by atoms with Gasteiger partial charge >= 0.3 is 5.97 Å². The Morgan fingerprint density at radius 1 is 1.60 bits per heavy atom. The van der Waals surface area contributed by atoms with E-state index in [0.717, 1.165) is 0 Å². The van der Waals surface area contributed by atoms with Gasteiger partial charge in [-0.2, -0.15) is 0 Å². The average molecular weight is 208 g/mol. The maximum Gasteiger partial charge on any atom is 0.307 e. The van der Waals surface area contributed by atoms with Crippen molar-refractivity contribution in [2.75, 3.05) is 0 Å². The van der Waals surface area contributed by atoms with Crippen molar-refractivity contribution in [3.8, 4) is 5.75 Å². The number of carboxylic acid groups (broad SMARTS) is 1. The number of hydrogen-bond acceptors (Lipinski definition) is 3. The lowest BCUT2D eigenvalue weighted by molar-refractivity contribution is -0.138. The zero-order chi connectivity index (χ0) is 11.3. The molecule has 0 fully saturated rings. The summed E-state index contributed by atoms with van der Waals surface area (Å²) >= 11 is 0. The lowest BCUT2D eigenvalue weighted by Gasteiger charge is -2.12. The van der Waals surface area contributed by atoms with Crippen LogP contribution in [0.1, 0.15) is 23.7 Å². The van der Waals surface area contributed by atoms with Crippen LogP contribution in [0.4, 0.5) is 0 Å². The first-order chi connectivity index (χ1) is 7.11. The number of aldehydes is 1. The largest absolute Gasteiger partial charge is 0.490 e. The average Bonchev–Trinajstić information content (AvgIpc) is 2.16. The Labute approximate surface area is 87.5 Å². The molecule has 1 aromatic rings. The fourth-order valence-electron chi connectivity index (χ4n) is 1.18. The number of rotatable bonds is 5. The van der Waals surface area contributed by atoms with Crippen LogP contribution in [0.2, 0.25) is 0 Å². The third kappa shape index (κ3) is 3.81. The summed E-state index contributed by atoms with van der Waals surface area (Å²) in [5.41, 5.74) is 0.509.